The average molecular weight is 383 g/mol. The first-order valence-electron chi connectivity index (χ1n) is 6.45. The molecule has 2 aromatic rings. The van der Waals surface area contributed by atoms with Crippen LogP contribution in [0.5, 0.6) is 17.2 Å². The zero-order valence-corrected chi connectivity index (χ0v) is 13.0. The maximum Gasteiger partial charge on any atom is 0.573 e. The van der Waals surface area contributed by atoms with Gasteiger partial charge in [0.25, 0.3) is 0 Å². The SMILES string of the molecule is Cc1c(Oc2ccc(Cl)c(F)c2C(=O)O)ccc(OC(F)(F)F)c1F. The molecule has 0 aliphatic heterocycles. The van der Waals surface area contributed by atoms with Gasteiger partial charge in [-0.2, -0.15) is 0 Å². The maximum absolute atomic E-state index is 14.0. The van der Waals surface area contributed by atoms with Crippen LogP contribution < -0.4 is 9.47 Å². The second kappa shape index (κ2) is 6.75. The third kappa shape index (κ3) is 4.11. The molecular formula is C15H8ClF5O4. The second-order valence-electron chi connectivity index (χ2n) is 4.69. The minimum Gasteiger partial charge on any atom is -0.477 e. The van der Waals surface area contributed by atoms with E-state index in [0.29, 0.717) is 6.07 Å². The van der Waals surface area contributed by atoms with Gasteiger partial charge in [0.15, 0.2) is 17.4 Å². The fourth-order valence-electron chi connectivity index (χ4n) is 1.89. The highest BCUT2D eigenvalue weighted by Gasteiger charge is 2.33. The lowest BCUT2D eigenvalue weighted by molar-refractivity contribution is -0.275. The Morgan fingerprint density at radius 3 is 2.16 bits per heavy atom. The van der Waals surface area contributed by atoms with E-state index in [4.69, 9.17) is 21.4 Å². The van der Waals surface area contributed by atoms with E-state index in [1.54, 1.807) is 0 Å². The number of ether oxygens (including phenoxy) is 2. The fraction of sp³-hybridized carbons (Fsp3) is 0.133. The number of aromatic carboxylic acids is 1. The molecule has 2 rings (SSSR count). The highest BCUT2D eigenvalue weighted by Crippen LogP contribution is 2.36. The summed E-state index contributed by atoms with van der Waals surface area (Å²) >= 11 is 5.49. The van der Waals surface area contributed by atoms with Crippen LogP contribution in [0, 0.1) is 18.6 Å². The second-order valence-corrected chi connectivity index (χ2v) is 5.10. The van der Waals surface area contributed by atoms with Gasteiger partial charge >= 0.3 is 12.3 Å². The van der Waals surface area contributed by atoms with Crippen molar-refractivity contribution in [1.29, 1.82) is 0 Å². The summed E-state index contributed by atoms with van der Waals surface area (Å²) in [5, 5.41) is 8.58. The molecule has 0 aliphatic rings. The van der Waals surface area contributed by atoms with Crippen LogP contribution >= 0.6 is 11.6 Å². The van der Waals surface area contributed by atoms with Gasteiger partial charge in [0.05, 0.1) is 5.02 Å². The van der Waals surface area contributed by atoms with Crippen molar-refractivity contribution in [3.63, 3.8) is 0 Å². The van der Waals surface area contributed by atoms with Crippen LogP contribution in [0.15, 0.2) is 24.3 Å². The van der Waals surface area contributed by atoms with E-state index in [1.165, 1.54) is 0 Å². The van der Waals surface area contributed by atoms with Gasteiger partial charge in [-0.15, -0.1) is 13.2 Å². The highest BCUT2D eigenvalue weighted by molar-refractivity contribution is 6.31. The van der Waals surface area contributed by atoms with Gasteiger partial charge in [-0.1, -0.05) is 11.6 Å². The summed E-state index contributed by atoms with van der Waals surface area (Å²) in [6.45, 7) is 1.08. The number of halogens is 6. The monoisotopic (exact) mass is 382 g/mol. The van der Waals surface area contributed by atoms with Crippen molar-refractivity contribution in [2.75, 3.05) is 0 Å². The summed E-state index contributed by atoms with van der Waals surface area (Å²) in [7, 11) is 0. The summed E-state index contributed by atoms with van der Waals surface area (Å²) in [5.74, 6) is -6.22. The fourth-order valence-corrected chi connectivity index (χ4v) is 2.05. The quantitative estimate of drug-likeness (QED) is 0.727. The number of alkyl halides is 3. The van der Waals surface area contributed by atoms with Gasteiger partial charge in [0, 0.05) is 5.56 Å². The Morgan fingerprint density at radius 2 is 1.60 bits per heavy atom. The molecule has 0 atom stereocenters. The summed E-state index contributed by atoms with van der Waals surface area (Å²) in [5.41, 5.74) is -1.30. The number of rotatable bonds is 4. The molecule has 0 fully saturated rings. The molecule has 10 heteroatoms. The zero-order chi connectivity index (χ0) is 18.9. The molecule has 134 valence electrons. The molecule has 0 aromatic heterocycles. The zero-order valence-electron chi connectivity index (χ0n) is 12.2. The highest BCUT2D eigenvalue weighted by atomic mass is 35.5. The van der Waals surface area contributed by atoms with E-state index < -0.39 is 51.6 Å². The van der Waals surface area contributed by atoms with Crippen molar-refractivity contribution in [2.24, 2.45) is 0 Å². The van der Waals surface area contributed by atoms with E-state index in [2.05, 4.69) is 4.74 Å². The standard InChI is InChI=1S/C15H8ClF5O4/c1-6-8(4-5-10(12(6)17)25-15(19,20)21)24-9-3-2-7(16)13(18)11(9)14(22)23/h2-5H,1H3,(H,22,23). The summed E-state index contributed by atoms with van der Waals surface area (Å²) in [4.78, 5) is 11.1. The molecule has 0 saturated carbocycles. The Morgan fingerprint density at radius 1 is 1.04 bits per heavy atom. The third-order valence-electron chi connectivity index (χ3n) is 3.02. The minimum atomic E-state index is -5.09. The summed E-state index contributed by atoms with van der Waals surface area (Å²) in [6, 6.07) is 3.63. The van der Waals surface area contributed by atoms with Crippen molar-refractivity contribution in [3.05, 3.63) is 52.0 Å². The predicted molar refractivity (Wildman–Crippen MR) is 76.3 cm³/mol. The largest absolute Gasteiger partial charge is 0.573 e. The molecule has 4 nitrogen and oxygen atoms in total. The number of carboxylic acid groups (broad SMARTS) is 1. The Hall–Kier alpha value is -2.55. The van der Waals surface area contributed by atoms with Gasteiger partial charge in [-0.25, -0.2) is 13.6 Å². The Kier molecular flexibility index (Phi) is 5.07. The van der Waals surface area contributed by atoms with Gasteiger partial charge in [0.1, 0.15) is 17.1 Å². The number of hydrogen-bond donors (Lipinski definition) is 1. The van der Waals surface area contributed by atoms with Crippen molar-refractivity contribution < 1.29 is 41.3 Å². The molecule has 25 heavy (non-hydrogen) atoms. The van der Waals surface area contributed by atoms with Crippen LogP contribution in [0.4, 0.5) is 22.0 Å². The van der Waals surface area contributed by atoms with E-state index in [9.17, 15) is 26.7 Å². The van der Waals surface area contributed by atoms with E-state index in [1.807, 2.05) is 0 Å². The third-order valence-corrected chi connectivity index (χ3v) is 3.31. The van der Waals surface area contributed by atoms with Gasteiger partial charge in [0.2, 0.25) is 0 Å². The minimum absolute atomic E-state index is 0.323. The number of carbonyl (C=O) groups is 1. The predicted octanol–water partition coefficient (Wildman–Crippen LogP) is 5.32. The van der Waals surface area contributed by atoms with Crippen molar-refractivity contribution in [2.45, 2.75) is 13.3 Å². The molecule has 0 heterocycles. The molecule has 0 unspecified atom stereocenters. The van der Waals surface area contributed by atoms with E-state index in [-0.39, 0.29) is 5.75 Å². The maximum atomic E-state index is 14.0. The first kappa shape index (κ1) is 18.8. The molecule has 0 spiro atoms. The Balaban J connectivity index is 2.44. The van der Waals surface area contributed by atoms with Gasteiger partial charge in [-0.3, -0.25) is 0 Å². The van der Waals surface area contributed by atoms with Crippen LogP contribution in [-0.2, 0) is 0 Å². The molecular weight excluding hydrogens is 375 g/mol. The smallest absolute Gasteiger partial charge is 0.477 e. The van der Waals surface area contributed by atoms with Gasteiger partial charge in [-0.05, 0) is 31.2 Å². The number of benzene rings is 2. The van der Waals surface area contributed by atoms with Crippen LogP contribution in [0.25, 0.3) is 0 Å². The molecule has 0 saturated heterocycles. The normalized spacial score (nSPS) is 11.3. The number of carboxylic acids is 1. The lowest BCUT2D eigenvalue weighted by Crippen LogP contribution is -2.18. The van der Waals surface area contributed by atoms with Crippen molar-refractivity contribution in [1.82, 2.24) is 0 Å². The van der Waals surface area contributed by atoms with Crippen molar-refractivity contribution in [3.8, 4) is 17.2 Å². The Labute approximate surface area is 142 Å². The first-order chi connectivity index (χ1) is 11.5. The molecule has 0 bridgehead atoms. The van der Waals surface area contributed by atoms with Crippen LogP contribution in [-0.4, -0.2) is 17.4 Å². The molecule has 0 amide bonds. The molecule has 0 aliphatic carbocycles. The van der Waals surface area contributed by atoms with Crippen LogP contribution in [0.2, 0.25) is 5.02 Å². The molecule has 1 N–H and O–H groups in total. The number of hydrogen-bond acceptors (Lipinski definition) is 3. The Bertz CT molecular complexity index is 836. The molecule has 0 radical (unpaired) electrons. The van der Waals surface area contributed by atoms with Crippen molar-refractivity contribution >= 4 is 17.6 Å². The first-order valence-corrected chi connectivity index (χ1v) is 6.83. The lowest BCUT2D eigenvalue weighted by atomic mass is 10.1. The van der Waals surface area contributed by atoms with Crippen LogP contribution in [0.3, 0.4) is 0 Å². The van der Waals surface area contributed by atoms with Gasteiger partial charge < -0.3 is 14.6 Å². The molecule has 2 aromatic carbocycles. The average Bonchev–Trinajstić information content (AvgIpc) is 2.49. The van der Waals surface area contributed by atoms with E-state index >= 15 is 0 Å². The topological polar surface area (TPSA) is 55.8 Å². The summed E-state index contributed by atoms with van der Waals surface area (Å²) < 4.78 is 73.0. The van der Waals surface area contributed by atoms with E-state index in [0.717, 1.165) is 25.1 Å². The van der Waals surface area contributed by atoms with Crippen LogP contribution in [0.1, 0.15) is 15.9 Å². The lowest BCUT2D eigenvalue weighted by Gasteiger charge is -2.15. The summed E-state index contributed by atoms with van der Waals surface area (Å²) in [6.07, 6.45) is -5.09.